The molecule has 2 aliphatic rings. The molecule has 0 atom stereocenters. The number of thioether (sulfide) groups is 1. The van der Waals surface area contributed by atoms with E-state index in [1.807, 2.05) is 12.1 Å². The van der Waals surface area contributed by atoms with E-state index in [9.17, 15) is 4.79 Å². The lowest BCUT2D eigenvalue weighted by Crippen LogP contribution is -2.28. The average Bonchev–Trinajstić information content (AvgIpc) is 2.63. The van der Waals surface area contributed by atoms with Gasteiger partial charge in [-0.05, 0) is 18.2 Å². The first-order valence-electron chi connectivity index (χ1n) is 7.26. The predicted octanol–water partition coefficient (Wildman–Crippen LogP) is 1.79. The second kappa shape index (κ2) is 8.91. The van der Waals surface area contributed by atoms with Gasteiger partial charge in [-0.3, -0.25) is 4.79 Å². The van der Waals surface area contributed by atoms with E-state index in [1.54, 1.807) is 37.4 Å². The molecule has 0 fully saturated rings. The number of hydrogen-bond acceptors (Lipinski definition) is 6. The Labute approximate surface area is 145 Å². The maximum atomic E-state index is 12.6. The van der Waals surface area contributed by atoms with Crippen molar-refractivity contribution >= 4 is 24.0 Å². The van der Waals surface area contributed by atoms with E-state index in [0.717, 1.165) is 10.7 Å². The van der Waals surface area contributed by atoms with Crippen LogP contribution in [0.5, 0.6) is 0 Å². The van der Waals surface area contributed by atoms with E-state index < -0.39 is 0 Å². The molecule has 0 aromatic heterocycles. The van der Waals surface area contributed by atoms with Crippen LogP contribution in [0.3, 0.4) is 0 Å². The number of ether oxygens (including phenoxy) is 1. The largest absolute Gasteiger partial charge is 0.381 e. The van der Waals surface area contributed by atoms with Gasteiger partial charge >= 0.3 is 0 Å². The summed E-state index contributed by atoms with van der Waals surface area (Å²) in [5.74, 6) is 0.459. The van der Waals surface area contributed by atoms with E-state index in [0.29, 0.717) is 35.7 Å². The summed E-state index contributed by atoms with van der Waals surface area (Å²) in [7, 11) is 1.55. The Kier molecular flexibility index (Phi) is 6.61. The quantitative estimate of drug-likeness (QED) is 0.568. The summed E-state index contributed by atoms with van der Waals surface area (Å²) < 4.78 is 4.92. The van der Waals surface area contributed by atoms with E-state index in [2.05, 4.69) is 22.2 Å². The Bertz CT molecular complexity index is 719. The van der Waals surface area contributed by atoms with Crippen molar-refractivity contribution < 1.29 is 9.53 Å². The van der Waals surface area contributed by atoms with Crippen LogP contribution in [0.1, 0.15) is 0 Å². The van der Waals surface area contributed by atoms with Crippen LogP contribution in [0, 0.1) is 11.3 Å². The number of aliphatic imine (C=N–C) groups is 1. The molecular weight excluding hydrogens is 324 g/mol. The van der Waals surface area contributed by atoms with E-state index in [4.69, 9.17) is 10.00 Å². The van der Waals surface area contributed by atoms with Gasteiger partial charge in [0.1, 0.15) is 0 Å². The first-order chi connectivity index (χ1) is 11.7. The number of nitrogens with one attached hydrogen (secondary N) is 2. The van der Waals surface area contributed by atoms with Gasteiger partial charge < -0.3 is 15.4 Å². The third kappa shape index (κ3) is 4.47. The molecule has 124 valence electrons. The summed E-state index contributed by atoms with van der Waals surface area (Å²) in [4.78, 5) is 17.9. The highest BCUT2D eigenvalue weighted by Crippen LogP contribution is 2.31. The van der Waals surface area contributed by atoms with Crippen molar-refractivity contribution in [3.8, 4) is 6.07 Å². The van der Waals surface area contributed by atoms with Gasteiger partial charge in [0.25, 0.3) is 5.91 Å². The van der Waals surface area contributed by atoms with Crippen molar-refractivity contribution in [3.63, 3.8) is 0 Å². The standard InChI is InChI=1S/C17H18N4O2S/c1-3-13(8-12(9-18)4-6-23-2)21-17(22)14-5-7-24-15-10-19-11-20-16(14)15/h3-5,8,11H,1,6-7,10H2,2H3,(H,19,20)(H,21,22)/b12-4+,13-8+. The summed E-state index contributed by atoms with van der Waals surface area (Å²) in [5, 5.41) is 14.9. The number of amides is 1. The summed E-state index contributed by atoms with van der Waals surface area (Å²) in [6.07, 6.45) is 8.13. The molecule has 0 aromatic carbocycles. The molecule has 0 bridgehead atoms. The average molecular weight is 342 g/mol. The van der Waals surface area contributed by atoms with Crippen molar-refractivity contribution in [2.75, 3.05) is 26.0 Å². The monoisotopic (exact) mass is 342 g/mol. The molecule has 2 N–H and O–H groups in total. The Morgan fingerprint density at radius 1 is 1.67 bits per heavy atom. The minimum absolute atomic E-state index is 0.267. The first-order valence-corrected chi connectivity index (χ1v) is 8.25. The number of allylic oxidation sites excluding steroid dienone is 3. The van der Waals surface area contributed by atoms with E-state index in [1.165, 1.54) is 6.08 Å². The lowest BCUT2D eigenvalue weighted by molar-refractivity contribution is -0.116. The molecule has 0 saturated heterocycles. The molecular formula is C17H18N4O2S. The molecule has 0 aromatic rings. The lowest BCUT2D eigenvalue weighted by atomic mass is 10.1. The third-order valence-electron chi connectivity index (χ3n) is 3.24. The van der Waals surface area contributed by atoms with Crippen molar-refractivity contribution in [3.05, 3.63) is 58.3 Å². The molecule has 1 amide bonds. The van der Waals surface area contributed by atoms with E-state index >= 15 is 0 Å². The molecule has 2 rings (SSSR count). The number of rotatable bonds is 6. The van der Waals surface area contributed by atoms with E-state index in [-0.39, 0.29) is 5.91 Å². The fraction of sp³-hybridized carbons (Fsp3) is 0.235. The Balaban J connectivity index is 2.17. The summed E-state index contributed by atoms with van der Waals surface area (Å²) in [5.41, 5.74) is 2.07. The zero-order valence-electron chi connectivity index (χ0n) is 13.3. The minimum atomic E-state index is -0.267. The predicted molar refractivity (Wildman–Crippen MR) is 96.1 cm³/mol. The smallest absolute Gasteiger partial charge is 0.257 e. The number of hydrogen-bond donors (Lipinski definition) is 2. The first kappa shape index (κ1) is 17.8. The van der Waals surface area contributed by atoms with Crippen LogP contribution in [0.25, 0.3) is 0 Å². The van der Waals surface area contributed by atoms with Crippen molar-refractivity contribution in [2.45, 2.75) is 0 Å². The minimum Gasteiger partial charge on any atom is -0.381 e. The lowest BCUT2D eigenvalue weighted by Gasteiger charge is -2.21. The van der Waals surface area contributed by atoms with Crippen LogP contribution >= 0.6 is 11.8 Å². The Morgan fingerprint density at radius 3 is 3.21 bits per heavy atom. The fourth-order valence-electron chi connectivity index (χ4n) is 2.09. The van der Waals surface area contributed by atoms with Crippen LogP contribution in [-0.2, 0) is 9.53 Å². The van der Waals surface area contributed by atoms with Crippen LogP contribution in [0.2, 0.25) is 0 Å². The van der Waals surface area contributed by atoms with Crippen LogP contribution in [-0.4, -0.2) is 38.3 Å². The van der Waals surface area contributed by atoms with Gasteiger partial charge in [-0.1, -0.05) is 12.7 Å². The van der Waals surface area contributed by atoms with Crippen LogP contribution < -0.4 is 10.6 Å². The van der Waals surface area contributed by atoms with Gasteiger partial charge in [-0.25, -0.2) is 4.99 Å². The number of methoxy groups -OCH3 is 1. The normalized spacial score (nSPS) is 17.4. The highest BCUT2D eigenvalue weighted by molar-refractivity contribution is 8.03. The molecule has 0 spiro atoms. The molecule has 6 nitrogen and oxygen atoms in total. The summed E-state index contributed by atoms with van der Waals surface area (Å²) >= 11 is 1.66. The molecule has 2 aliphatic heterocycles. The number of carbonyl (C=O) groups is 1. The van der Waals surface area contributed by atoms with Crippen LogP contribution in [0.15, 0.2) is 63.3 Å². The maximum Gasteiger partial charge on any atom is 0.257 e. The molecule has 24 heavy (non-hydrogen) atoms. The highest BCUT2D eigenvalue weighted by atomic mass is 32.2. The summed E-state index contributed by atoms with van der Waals surface area (Å²) in [6.45, 7) is 4.68. The SMILES string of the molecule is C=C/C(=C\C(C#N)=C/COC)NC(=O)C1=CCSC2=C1N=CNC2. The third-order valence-corrected chi connectivity index (χ3v) is 4.26. The van der Waals surface area contributed by atoms with Gasteiger partial charge in [-0.15, -0.1) is 11.8 Å². The topological polar surface area (TPSA) is 86.5 Å². The van der Waals surface area contributed by atoms with Crippen molar-refractivity contribution in [1.82, 2.24) is 10.6 Å². The zero-order chi connectivity index (χ0) is 17.4. The zero-order valence-corrected chi connectivity index (χ0v) is 14.2. The maximum absolute atomic E-state index is 12.6. The molecule has 7 heteroatoms. The van der Waals surface area contributed by atoms with Crippen molar-refractivity contribution in [2.24, 2.45) is 4.99 Å². The van der Waals surface area contributed by atoms with Crippen molar-refractivity contribution in [1.29, 1.82) is 5.26 Å². The highest BCUT2D eigenvalue weighted by Gasteiger charge is 2.23. The number of nitriles is 1. The van der Waals surface area contributed by atoms with Crippen LogP contribution in [0.4, 0.5) is 0 Å². The second-order valence-corrected chi connectivity index (χ2v) is 5.94. The molecule has 0 saturated carbocycles. The van der Waals surface area contributed by atoms with Gasteiger partial charge in [0, 0.05) is 30.0 Å². The number of nitrogens with zero attached hydrogens (tertiary/aromatic N) is 2. The molecule has 0 unspecified atom stereocenters. The fourth-order valence-corrected chi connectivity index (χ4v) is 3.02. The number of carbonyl (C=O) groups excluding carboxylic acids is 1. The summed E-state index contributed by atoms with van der Waals surface area (Å²) in [6, 6.07) is 2.05. The Hall–Kier alpha value is -2.56. The second-order valence-electron chi connectivity index (χ2n) is 4.82. The molecule has 0 radical (unpaired) electrons. The van der Waals surface area contributed by atoms with Gasteiger partial charge in [-0.2, -0.15) is 5.26 Å². The molecule has 0 aliphatic carbocycles. The Morgan fingerprint density at radius 2 is 2.50 bits per heavy atom. The molecule has 2 heterocycles. The van der Waals surface area contributed by atoms with Gasteiger partial charge in [0.15, 0.2) is 0 Å². The van der Waals surface area contributed by atoms with Gasteiger partial charge in [0.2, 0.25) is 0 Å². The van der Waals surface area contributed by atoms with Gasteiger partial charge in [0.05, 0.1) is 35.9 Å².